The van der Waals surface area contributed by atoms with Crippen LogP contribution in [-0.4, -0.2) is 50.6 Å². The van der Waals surface area contributed by atoms with Crippen molar-refractivity contribution in [3.8, 4) is 17.1 Å². The Labute approximate surface area is 155 Å². The molecule has 0 amide bonds. The molecule has 12 heteroatoms. The SMILES string of the molecule is COCC(F)(F)c1nnc2cnc(-c3ccc(O[C@H](C)C(F)(F)F)nc3)cn12. The highest BCUT2D eigenvalue weighted by molar-refractivity contribution is 5.59. The molecular formula is C16H14F5N5O2. The Morgan fingerprint density at radius 2 is 1.82 bits per heavy atom. The van der Waals surface area contributed by atoms with Gasteiger partial charge in [0.05, 0.1) is 11.9 Å². The number of ether oxygens (including phenoxy) is 2. The maximum atomic E-state index is 14.1. The molecule has 0 N–H and O–H groups in total. The van der Waals surface area contributed by atoms with Gasteiger partial charge >= 0.3 is 12.1 Å². The van der Waals surface area contributed by atoms with Gasteiger partial charge in [-0.1, -0.05) is 0 Å². The summed E-state index contributed by atoms with van der Waals surface area (Å²) in [4.78, 5) is 7.89. The predicted octanol–water partition coefficient (Wildman–Crippen LogP) is 3.25. The third-order valence-electron chi connectivity index (χ3n) is 3.74. The molecule has 0 fully saturated rings. The van der Waals surface area contributed by atoms with Crippen molar-refractivity contribution in [1.29, 1.82) is 0 Å². The first kappa shape index (κ1) is 19.9. The number of methoxy groups -OCH3 is 1. The molecule has 0 bridgehead atoms. The second-order valence-corrected chi connectivity index (χ2v) is 5.85. The van der Waals surface area contributed by atoms with Gasteiger partial charge in [0.1, 0.15) is 6.61 Å². The molecule has 0 saturated carbocycles. The van der Waals surface area contributed by atoms with E-state index in [1.807, 2.05) is 0 Å². The van der Waals surface area contributed by atoms with E-state index in [9.17, 15) is 22.0 Å². The maximum absolute atomic E-state index is 14.1. The zero-order valence-electron chi connectivity index (χ0n) is 14.6. The number of hydrogen-bond acceptors (Lipinski definition) is 6. The Hall–Kier alpha value is -2.89. The Morgan fingerprint density at radius 3 is 2.43 bits per heavy atom. The van der Waals surface area contributed by atoms with Crippen LogP contribution in [0, 0.1) is 0 Å². The van der Waals surface area contributed by atoms with Crippen LogP contribution in [0.4, 0.5) is 22.0 Å². The van der Waals surface area contributed by atoms with Gasteiger partial charge in [-0.2, -0.15) is 22.0 Å². The number of pyridine rings is 1. The van der Waals surface area contributed by atoms with Crippen LogP contribution < -0.4 is 4.74 Å². The molecule has 0 unspecified atom stereocenters. The van der Waals surface area contributed by atoms with Crippen LogP contribution >= 0.6 is 0 Å². The third kappa shape index (κ3) is 4.01. The van der Waals surface area contributed by atoms with Crippen molar-refractivity contribution in [3.63, 3.8) is 0 Å². The quantitative estimate of drug-likeness (QED) is 0.589. The van der Waals surface area contributed by atoms with Crippen molar-refractivity contribution in [2.75, 3.05) is 13.7 Å². The van der Waals surface area contributed by atoms with Crippen LogP contribution in [0.1, 0.15) is 12.7 Å². The molecule has 0 saturated heterocycles. The van der Waals surface area contributed by atoms with Gasteiger partial charge in [0.2, 0.25) is 11.7 Å². The molecule has 28 heavy (non-hydrogen) atoms. The van der Waals surface area contributed by atoms with Crippen LogP contribution in [0.2, 0.25) is 0 Å². The van der Waals surface area contributed by atoms with Crippen LogP contribution in [0.3, 0.4) is 0 Å². The van der Waals surface area contributed by atoms with Crippen molar-refractivity contribution >= 4 is 5.65 Å². The Bertz CT molecular complexity index is 958. The van der Waals surface area contributed by atoms with E-state index in [1.54, 1.807) is 0 Å². The molecule has 0 aliphatic carbocycles. The smallest absolute Gasteiger partial charge is 0.425 e. The summed E-state index contributed by atoms with van der Waals surface area (Å²) in [5.74, 6) is -4.23. The summed E-state index contributed by atoms with van der Waals surface area (Å²) in [6.07, 6.45) is -2.80. The minimum absolute atomic E-state index is 0.0986. The molecule has 0 aliphatic heterocycles. The highest BCUT2D eigenvalue weighted by Crippen LogP contribution is 2.28. The van der Waals surface area contributed by atoms with E-state index in [2.05, 4.69) is 24.9 Å². The number of alkyl halides is 5. The molecule has 0 spiro atoms. The highest BCUT2D eigenvalue weighted by Gasteiger charge is 2.38. The van der Waals surface area contributed by atoms with E-state index in [0.717, 1.165) is 18.4 Å². The van der Waals surface area contributed by atoms with Gasteiger partial charge in [-0.25, -0.2) is 4.98 Å². The number of aromatic nitrogens is 5. The van der Waals surface area contributed by atoms with Gasteiger partial charge in [-0.15, -0.1) is 10.2 Å². The summed E-state index contributed by atoms with van der Waals surface area (Å²) in [5.41, 5.74) is 0.717. The average molecular weight is 403 g/mol. The monoisotopic (exact) mass is 403 g/mol. The first-order chi connectivity index (χ1) is 13.1. The summed E-state index contributed by atoms with van der Waals surface area (Å²) < 4.78 is 76.2. The molecule has 150 valence electrons. The molecule has 0 aromatic carbocycles. The minimum Gasteiger partial charge on any atom is -0.465 e. The zero-order valence-corrected chi connectivity index (χ0v) is 14.6. The average Bonchev–Trinajstić information content (AvgIpc) is 3.05. The number of nitrogens with zero attached hydrogens (tertiary/aromatic N) is 5. The summed E-state index contributed by atoms with van der Waals surface area (Å²) in [6.45, 7) is -0.0186. The molecule has 3 aromatic rings. The fraction of sp³-hybridized carbons (Fsp3) is 0.375. The molecule has 3 aromatic heterocycles. The van der Waals surface area contributed by atoms with Gasteiger partial charge in [0, 0.05) is 31.1 Å². The number of rotatable bonds is 6. The summed E-state index contributed by atoms with van der Waals surface area (Å²) >= 11 is 0. The minimum atomic E-state index is -4.52. The van der Waals surface area contributed by atoms with E-state index in [4.69, 9.17) is 4.74 Å². The van der Waals surface area contributed by atoms with Crippen molar-refractivity contribution < 1.29 is 31.4 Å². The second-order valence-electron chi connectivity index (χ2n) is 5.85. The summed E-state index contributed by atoms with van der Waals surface area (Å²) in [7, 11) is 1.14. The highest BCUT2D eigenvalue weighted by atomic mass is 19.4. The van der Waals surface area contributed by atoms with Gasteiger partial charge in [-0.3, -0.25) is 9.38 Å². The van der Waals surface area contributed by atoms with Crippen molar-refractivity contribution in [1.82, 2.24) is 24.6 Å². The van der Waals surface area contributed by atoms with Crippen LogP contribution in [-0.2, 0) is 10.7 Å². The fourth-order valence-corrected chi connectivity index (χ4v) is 2.30. The number of fused-ring (bicyclic) bond motifs is 1. The van der Waals surface area contributed by atoms with E-state index in [0.29, 0.717) is 5.56 Å². The van der Waals surface area contributed by atoms with Crippen LogP contribution in [0.15, 0.2) is 30.7 Å². The van der Waals surface area contributed by atoms with Crippen LogP contribution in [0.5, 0.6) is 5.88 Å². The van der Waals surface area contributed by atoms with E-state index >= 15 is 0 Å². The van der Waals surface area contributed by atoms with Gasteiger partial charge in [-0.05, 0) is 13.0 Å². The second kappa shape index (κ2) is 7.26. The van der Waals surface area contributed by atoms with E-state index in [1.165, 1.54) is 30.7 Å². The third-order valence-corrected chi connectivity index (χ3v) is 3.74. The van der Waals surface area contributed by atoms with Crippen molar-refractivity contribution in [2.24, 2.45) is 0 Å². The summed E-state index contributed by atoms with van der Waals surface area (Å²) in [6, 6.07) is 2.65. The lowest BCUT2D eigenvalue weighted by Crippen LogP contribution is -2.31. The lowest BCUT2D eigenvalue weighted by Gasteiger charge is -2.16. The van der Waals surface area contributed by atoms with Gasteiger partial charge in [0.25, 0.3) is 0 Å². The molecule has 0 radical (unpaired) electrons. The van der Waals surface area contributed by atoms with E-state index < -0.39 is 30.6 Å². The first-order valence-corrected chi connectivity index (χ1v) is 7.89. The normalized spacial score (nSPS) is 13.7. The molecule has 1 atom stereocenters. The Balaban J connectivity index is 1.89. The maximum Gasteiger partial charge on any atom is 0.425 e. The first-order valence-electron chi connectivity index (χ1n) is 7.89. The van der Waals surface area contributed by atoms with Gasteiger partial charge in [0.15, 0.2) is 11.8 Å². The molecule has 0 aliphatic rings. The standard InChI is InChI=1S/C16H14F5N5O2/c1-9(16(19,20)21)28-13-4-3-10(5-23-13)11-7-26-12(6-22-11)24-25-14(26)15(17,18)8-27-2/h3-7,9H,8H2,1-2H3/t9-/m1/s1. The summed E-state index contributed by atoms with van der Waals surface area (Å²) in [5, 5.41) is 7.14. The zero-order chi connectivity index (χ0) is 20.5. The molecule has 3 rings (SSSR count). The van der Waals surface area contributed by atoms with Crippen LogP contribution in [0.25, 0.3) is 16.9 Å². The molecule has 7 nitrogen and oxygen atoms in total. The van der Waals surface area contributed by atoms with Gasteiger partial charge < -0.3 is 9.47 Å². The van der Waals surface area contributed by atoms with E-state index in [-0.39, 0.29) is 17.2 Å². The predicted molar refractivity (Wildman–Crippen MR) is 85.9 cm³/mol. The molecular weight excluding hydrogens is 389 g/mol. The molecule has 3 heterocycles. The van der Waals surface area contributed by atoms with Crippen molar-refractivity contribution in [3.05, 3.63) is 36.5 Å². The Kier molecular flexibility index (Phi) is 5.15. The number of hydrogen-bond donors (Lipinski definition) is 0. The largest absolute Gasteiger partial charge is 0.465 e. The topological polar surface area (TPSA) is 74.4 Å². The Morgan fingerprint density at radius 1 is 1.07 bits per heavy atom. The van der Waals surface area contributed by atoms with Crippen molar-refractivity contribution in [2.45, 2.75) is 25.1 Å². The fourth-order valence-electron chi connectivity index (χ4n) is 2.30. The number of halogens is 5. The lowest BCUT2D eigenvalue weighted by molar-refractivity contribution is -0.189. The lowest BCUT2D eigenvalue weighted by atomic mass is 10.2.